The van der Waals surface area contributed by atoms with Crippen LogP contribution < -0.4 is 10.1 Å². The molecular formula is C20H19N3O3S. The monoisotopic (exact) mass is 381 g/mol. The first kappa shape index (κ1) is 17.6. The third-order valence-electron chi connectivity index (χ3n) is 4.59. The van der Waals surface area contributed by atoms with Crippen molar-refractivity contribution >= 4 is 33.9 Å². The standard InChI is InChI=1S/C20H19N3O3S/c1-23-16-5-3-2-4-15(16)21-18(23)10-11-26-14-8-6-13(7-9-14)12-17-19(24)22-20(25)27-17/h2-9,17H,10-12H2,1H3,(H,22,24,25). The summed E-state index contributed by atoms with van der Waals surface area (Å²) in [6, 6.07) is 15.7. The average Bonchev–Trinajstić information content (AvgIpc) is 3.15. The molecule has 0 bridgehead atoms. The Hall–Kier alpha value is -2.80. The first-order chi connectivity index (χ1) is 13.1. The summed E-state index contributed by atoms with van der Waals surface area (Å²) in [4.78, 5) is 27.5. The van der Waals surface area contributed by atoms with Gasteiger partial charge in [0.25, 0.3) is 5.24 Å². The Morgan fingerprint density at radius 2 is 1.93 bits per heavy atom. The molecule has 1 aromatic heterocycles. The minimum Gasteiger partial charge on any atom is -0.493 e. The Balaban J connectivity index is 1.33. The van der Waals surface area contributed by atoms with E-state index in [1.54, 1.807) is 0 Å². The average molecular weight is 381 g/mol. The van der Waals surface area contributed by atoms with Crippen LogP contribution in [-0.2, 0) is 24.7 Å². The molecule has 6 nitrogen and oxygen atoms in total. The lowest BCUT2D eigenvalue weighted by Gasteiger charge is -2.09. The first-order valence-electron chi connectivity index (χ1n) is 8.74. The highest BCUT2D eigenvalue weighted by molar-refractivity contribution is 8.15. The van der Waals surface area contributed by atoms with E-state index in [9.17, 15) is 9.59 Å². The number of imidazole rings is 1. The number of para-hydroxylation sites is 2. The van der Waals surface area contributed by atoms with Crippen molar-refractivity contribution in [1.29, 1.82) is 0 Å². The molecule has 1 atom stereocenters. The fourth-order valence-corrected chi connectivity index (χ4v) is 4.00. The molecule has 1 fully saturated rings. The summed E-state index contributed by atoms with van der Waals surface area (Å²) < 4.78 is 7.92. The molecule has 0 aliphatic carbocycles. The van der Waals surface area contributed by atoms with Gasteiger partial charge in [-0.25, -0.2) is 4.98 Å². The SMILES string of the molecule is Cn1c(CCOc2ccc(CC3SC(=O)NC3=O)cc2)nc2ccccc21. The van der Waals surface area contributed by atoms with E-state index in [0.717, 1.165) is 39.9 Å². The third-order valence-corrected chi connectivity index (χ3v) is 5.57. The van der Waals surface area contributed by atoms with Crippen LogP contribution in [0.5, 0.6) is 5.75 Å². The van der Waals surface area contributed by atoms with E-state index in [2.05, 4.69) is 20.9 Å². The maximum absolute atomic E-state index is 11.6. The van der Waals surface area contributed by atoms with Crippen LogP contribution in [0, 0.1) is 0 Å². The third kappa shape index (κ3) is 3.83. The summed E-state index contributed by atoms with van der Waals surface area (Å²) in [5.41, 5.74) is 3.11. The van der Waals surface area contributed by atoms with Gasteiger partial charge in [0.1, 0.15) is 11.6 Å². The topological polar surface area (TPSA) is 73.2 Å². The van der Waals surface area contributed by atoms with Crippen LogP contribution in [0.3, 0.4) is 0 Å². The number of amides is 2. The van der Waals surface area contributed by atoms with Gasteiger partial charge in [-0.2, -0.15) is 0 Å². The predicted octanol–water partition coefficient (Wildman–Crippen LogP) is 3.09. The second-order valence-electron chi connectivity index (χ2n) is 6.41. The molecule has 2 heterocycles. The number of aromatic nitrogens is 2. The molecule has 2 aromatic carbocycles. The van der Waals surface area contributed by atoms with Gasteiger partial charge >= 0.3 is 0 Å². The lowest BCUT2D eigenvalue weighted by atomic mass is 10.1. The predicted molar refractivity (Wildman–Crippen MR) is 105 cm³/mol. The molecule has 138 valence electrons. The second kappa shape index (κ2) is 7.44. The molecule has 1 aliphatic heterocycles. The van der Waals surface area contributed by atoms with Crippen LogP contribution in [0.25, 0.3) is 11.0 Å². The lowest BCUT2D eigenvalue weighted by molar-refractivity contribution is -0.118. The zero-order valence-electron chi connectivity index (χ0n) is 14.8. The molecule has 0 saturated carbocycles. The minimum absolute atomic E-state index is 0.215. The number of imide groups is 1. The van der Waals surface area contributed by atoms with E-state index in [1.807, 2.05) is 49.5 Å². The number of thioether (sulfide) groups is 1. The van der Waals surface area contributed by atoms with Gasteiger partial charge in [-0.05, 0) is 36.2 Å². The number of nitrogens with one attached hydrogen (secondary N) is 1. The summed E-state index contributed by atoms with van der Waals surface area (Å²) in [5, 5.41) is 1.69. The molecule has 1 unspecified atom stereocenters. The van der Waals surface area contributed by atoms with Crippen molar-refractivity contribution < 1.29 is 14.3 Å². The molecule has 27 heavy (non-hydrogen) atoms. The van der Waals surface area contributed by atoms with Crippen LogP contribution in [-0.4, -0.2) is 32.6 Å². The zero-order valence-corrected chi connectivity index (χ0v) is 15.7. The first-order valence-corrected chi connectivity index (χ1v) is 9.61. The molecular weight excluding hydrogens is 362 g/mol. The Morgan fingerprint density at radius 1 is 1.15 bits per heavy atom. The van der Waals surface area contributed by atoms with Crippen molar-refractivity contribution in [2.75, 3.05) is 6.61 Å². The lowest BCUT2D eigenvalue weighted by Crippen LogP contribution is -2.25. The van der Waals surface area contributed by atoms with Crippen LogP contribution in [0.1, 0.15) is 11.4 Å². The summed E-state index contributed by atoms with van der Waals surface area (Å²) in [6.07, 6.45) is 1.25. The second-order valence-corrected chi connectivity index (χ2v) is 7.58. The number of nitrogens with zero attached hydrogens (tertiary/aromatic N) is 2. The highest BCUT2D eigenvalue weighted by Gasteiger charge is 2.31. The molecule has 1 aliphatic rings. The van der Waals surface area contributed by atoms with Gasteiger partial charge in [0, 0.05) is 13.5 Å². The zero-order chi connectivity index (χ0) is 18.8. The fraction of sp³-hybridized carbons (Fsp3) is 0.250. The molecule has 7 heteroatoms. The quantitative estimate of drug-likeness (QED) is 0.710. The van der Waals surface area contributed by atoms with Crippen LogP contribution >= 0.6 is 11.8 Å². The molecule has 1 N–H and O–H groups in total. The number of carbonyl (C=O) groups excluding carboxylic acids is 2. The van der Waals surface area contributed by atoms with Gasteiger partial charge in [0.15, 0.2) is 0 Å². The van der Waals surface area contributed by atoms with Crippen molar-refractivity contribution in [2.45, 2.75) is 18.1 Å². The molecule has 3 aromatic rings. The largest absolute Gasteiger partial charge is 0.493 e. The number of aryl methyl sites for hydroxylation is 1. The van der Waals surface area contributed by atoms with Gasteiger partial charge in [-0.15, -0.1) is 0 Å². The number of benzene rings is 2. The van der Waals surface area contributed by atoms with Gasteiger partial charge in [0.05, 0.1) is 22.9 Å². The van der Waals surface area contributed by atoms with Crippen molar-refractivity contribution in [3.8, 4) is 5.75 Å². The van der Waals surface area contributed by atoms with Gasteiger partial charge in [0.2, 0.25) is 5.91 Å². The van der Waals surface area contributed by atoms with Crippen molar-refractivity contribution in [3.05, 3.63) is 59.9 Å². The Kier molecular flexibility index (Phi) is 4.85. The van der Waals surface area contributed by atoms with E-state index in [4.69, 9.17) is 4.74 Å². The van der Waals surface area contributed by atoms with Crippen LogP contribution in [0.15, 0.2) is 48.5 Å². The van der Waals surface area contributed by atoms with Crippen molar-refractivity contribution in [1.82, 2.24) is 14.9 Å². The van der Waals surface area contributed by atoms with Crippen molar-refractivity contribution in [2.24, 2.45) is 7.05 Å². The summed E-state index contributed by atoms with van der Waals surface area (Å²) in [5.74, 6) is 1.55. The molecule has 0 radical (unpaired) electrons. The van der Waals surface area contributed by atoms with Gasteiger partial charge < -0.3 is 9.30 Å². The van der Waals surface area contributed by atoms with E-state index >= 15 is 0 Å². The molecule has 2 amide bonds. The maximum atomic E-state index is 11.6. The fourth-order valence-electron chi connectivity index (χ4n) is 3.14. The van der Waals surface area contributed by atoms with Crippen LogP contribution in [0.4, 0.5) is 4.79 Å². The highest BCUT2D eigenvalue weighted by Crippen LogP contribution is 2.24. The summed E-state index contributed by atoms with van der Waals surface area (Å²) in [7, 11) is 2.02. The number of hydrogen-bond donors (Lipinski definition) is 1. The van der Waals surface area contributed by atoms with Gasteiger partial charge in [-0.1, -0.05) is 36.0 Å². The smallest absolute Gasteiger partial charge is 0.286 e. The molecule has 1 saturated heterocycles. The number of rotatable bonds is 6. The van der Waals surface area contributed by atoms with E-state index < -0.39 is 0 Å². The van der Waals surface area contributed by atoms with E-state index in [-0.39, 0.29) is 16.4 Å². The highest BCUT2D eigenvalue weighted by atomic mass is 32.2. The summed E-state index contributed by atoms with van der Waals surface area (Å²) >= 11 is 1.05. The number of fused-ring (bicyclic) bond motifs is 1. The normalized spacial score (nSPS) is 16.7. The maximum Gasteiger partial charge on any atom is 0.286 e. The molecule has 4 rings (SSSR count). The van der Waals surface area contributed by atoms with Gasteiger partial charge in [-0.3, -0.25) is 14.9 Å². The summed E-state index contributed by atoms with van der Waals surface area (Å²) in [6.45, 7) is 0.534. The van der Waals surface area contributed by atoms with Crippen molar-refractivity contribution in [3.63, 3.8) is 0 Å². The Labute approximate surface area is 160 Å². The number of ether oxygens (including phenoxy) is 1. The Morgan fingerprint density at radius 3 is 2.63 bits per heavy atom. The Bertz CT molecular complexity index is 997. The molecule has 0 spiro atoms. The van der Waals surface area contributed by atoms with E-state index in [1.165, 1.54) is 0 Å². The number of carbonyl (C=O) groups is 2. The minimum atomic E-state index is -0.346. The van der Waals surface area contributed by atoms with Crippen LogP contribution in [0.2, 0.25) is 0 Å². The van der Waals surface area contributed by atoms with E-state index in [0.29, 0.717) is 19.4 Å². The number of hydrogen-bond acceptors (Lipinski definition) is 5.